The van der Waals surface area contributed by atoms with Crippen LogP contribution in [0.2, 0.25) is 0 Å². The molecule has 3 heteroatoms. The van der Waals surface area contributed by atoms with Gasteiger partial charge in [-0.15, -0.1) is 0 Å². The van der Waals surface area contributed by atoms with Gasteiger partial charge in [0.2, 0.25) is 5.91 Å². The van der Waals surface area contributed by atoms with Gasteiger partial charge in [-0.2, -0.15) is 0 Å². The van der Waals surface area contributed by atoms with Crippen LogP contribution in [0, 0.1) is 17.8 Å². The number of hydrogen-bond acceptors (Lipinski definition) is 2. The van der Waals surface area contributed by atoms with E-state index in [-0.39, 0.29) is 5.92 Å². The fourth-order valence-corrected chi connectivity index (χ4v) is 5.46. The smallest absolute Gasteiger partial charge is 0.225 e. The number of hydrogen-bond donors (Lipinski definition) is 0. The van der Waals surface area contributed by atoms with Crippen LogP contribution in [0.15, 0.2) is 30.3 Å². The molecular formula is C25H36N2O. The Balaban J connectivity index is 1.41. The SMILES string of the molecule is CC(C)C(=O)N1C[C@H]2CCC=C(c3ccc(CCN4CCC[C@H]4C)cc3)[C@H]2C1. The van der Waals surface area contributed by atoms with Crippen LogP contribution in [0.3, 0.4) is 0 Å². The molecule has 0 saturated carbocycles. The van der Waals surface area contributed by atoms with Crippen LogP contribution in [0.1, 0.15) is 57.6 Å². The molecule has 3 nitrogen and oxygen atoms in total. The maximum atomic E-state index is 12.5. The van der Waals surface area contributed by atoms with E-state index in [1.165, 1.54) is 49.1 Å². The second-order valence-electron chi connectivity index (χ2n) is 9.48. The Morgan fingerprint density at radius 3 is 2.61 bits per heavy atom. The summed E-state index contributed by atoms with van der Waals surface area (Å²) in [5.74, 6) is 1.58. The number of carbonyl (C=O) groups excluding carboxylic acids is 1. The van der Waals surface area contributed by atoms with E-state index in [0.29, 0.717) is 17.7 Å². The molecule has 2 saturated heterocycles. The van der Waals surface area contributed by atoms with Gasteiger partial charge in [0.15, 0.2) is 0 Å². The molecule has 0 N–H and O–H groups in total. The molecule has 1 aromatic rings. The molecule has 0 unspecified atom stereocenters. The Morgan fingerprint density at radius 2 is 1.93 bits per heavy atom. The lowest BCUT2D eigenvalue weighted by Gasteiger charge is -2.26. The van der Waals surface area contributed by atoms with Gasteiger partial charge >= 0.3 is 0 Å². The highest BCUT2D eigenvalue weighted by molar-refractivity contribution is 5.79. The van der Waals surface area contributed by atoms with Crippen molar-refractivity contribution in [1.29, 1.82) is 0 Å². The van der Waals surface area contributed by atoms with Crippen molar-refractivity contribution in [3.8, 4) is 0 Å². The van der Waals surface area contributed by atoms with E-state index in [1.54, 1.807) is 0 Å². The van der Waals surface area contributed by atoms with Gasteiger partial charge in [0, 0.05) is 37.5 Å². The second kappa shape index (κ2) is 8.41. The van der Waals surface area contributed by atoms with Gasteiger partial charge in [0.1, 0.15) is 0 Å². The quantitative estimate of drug-likeness (QED) is 0.744. The summed E-state index contributed by atoms with van der Waals surface area (Å²) >= 11 is 0. The topological polar surface area (TPSA) is 23.6 Å². The van der Waals surface area contributed by atoms with Crippen molar-refractivity contribution in [2.24, 2.45) is 17.8 Å². The summed E-state index contributed by atoms with van der Waals surface area (Å²) in [6.07, 6.45) is 8.66. The lowest BCUT2D eigenvalue weighted by Crippen LogP contribution is -2.32. The number of allylic oxidation sites excluding steroid dienone is 1. The highest BCUT2D eigenvalue weighted by atomic mass is 16.2. The Bertz CT molecular complexity index is 721. The summed E-state index contributed by atoms with van der Waals surface area (Å²) in [6, 6.07) is 10.1. The van der Waals surface area contributed by atoms with Gasteiger partial charge in [-0.3, -0.25) is 4.79 Å². The minimum absolute atomic E-state index is 0.102. The molecule has 152 valence electrons. The number of likely N-dealkylation sites (tertiary alicyclic amines) is 2. The predicted octanol–water partition coefficient (Wildman–Crippen LogP) is 4.62. The van der Waals surface area contributed by atoms with Crippen molar-refractivity contribution in [3.63, 3.8) is 0 Å². The van der Waals surface area contributed by atoms with E-state index in [2.05, 4.69) is 47.1 Å². The maximum absolute atomic E-state index is 12.5. The third-order valence-corrected chi connectivity index (χ3v) is 7.21. The van der Waals surface area contributed by atoms with Gasteiger partial charge in [-0.05, 0) is 68.2 Å². The van der Waals surface area contributed by atoms with Gasteiger partial charge in [0.25, 0.3) is 0 Å². The van der Waals surface area contributed by atoms with Gasteiger partial charge in [-0.25, -0.2) is 0 Å². The molecule has 4 rings (SSSR count). The Kier molecular flexibility index (Phi) is 5.91. The first kappa shape index (κ1) is 19.7. The maximum Gasteiger partial charge on any atom is 0.225 e. The molecule has 2 heterocycles. The largest absolute Gasteiger partial charge is 0.342 e. The highest BCUT2D eigenvalue weighted by Gasteiger charge is 2.39. The van der Waals surface area contributed by atoms with Crippen LogP contribution < -0.4 is 0 Å². The Morgan fingerprint density at radius 1 is 1.14 bits per heavy atom. The average Bonchev–Trinajstić information content (AvgIpc) is 3.31. The molecular weight excluding hydrogens is 344 g/mol. The first-order chi connectivity index (χ1) is 13.5. The van der Waals surface area contributed by atoms with Crippen LogP contribution in [-0.2, 0) is 11.2 Å². The first-order valence-electron chi connectivity index (χ1n) is 11.3. The third kappa shape index (κ3) is 4.05. The van der Waals surface area contributed by atoms with E-state index < -0.39 is 0 Å². The monoisotopic (exact) mass is 380 g/mol. The fourth-order valence-electron chi connectivity index (χ4n) is 5.46. The first-order valence-corrected chi connectivity index (χ1v) is 11.3. The van der Waals surface area contributed by atoms with Gasteiger partial charge in [0.05, 0.1) is 0 Å². The zero-order valence-corrected chi connectivity index (χ0v) is 17.9. The molecule has 1 aromatic carbocycles. The molecule has 0 bridgehead atoms. The lowest BCUT2D eigenvalue weighted by molar-refractivity contribution is -0.133. The molecule has 2 fully saturated rings. The van der Waals surface area contributed by atoms with Crippen LogP contribution in [0.25, 0.3) is 5.57 Å². The molecule has 0 spiro atoms. The van der Waals surface area contributed by atoms with Crippen LogP contribution in [0.5, 0.6) is 0 Å². The van der Waals surface area contributed by atoms with Gasteiger partial charge < -0.3 is 9.80 Å². The second-order valence-corrected chi connectivity index (χ2v) is 9.48. The molecule has 0 radical (unpaired) electrons. The van der Waals surface area contributed by atoms with Crippen molar-refractivity contribution >= 4 is 11.5 Å². The van der Waals surface area contributed by atoms with E-state index in [4.69, 9.17) is 0 Å². The van der Waals surface area contributed by atoms with Crippen molar-refractivity contribution in [2.75, 3.05) is 26.2 Å². The third-order valence-electron chi connectivity index (χ3n) is 7.21. The summed E-state index contributed by atoms with van der Waals surface area (Å²) in [4.78, 5) is 17.2. The van der Waals surface area contributed by atoms with Crippen LogP contribution in [0.4, 0.5) is 0 Å². The van der Waals surface area contributed by atoms with E-state index in [9.17, 15) is 4.79 Å². The molecule has 2 aliphatic heterocycles. The number of fused-ring (bicyclic) bond motifs is 1. The van der Waals surface area contributed by atoms with E-state index in [1.807, 2.05) is 13.8 Å². The molecule has 1 amide bonds. The number of nitrogens with zero attached hydrogens (tertiary/aromatic N) is 2. The number of benzene rings is 1. The molecule has 3 aliphatic rings. The predicted molar refractivity (Wildman–Crippen MR) is 116 cm³/mol. The molecule has 28 heavy (non-hydrogen) atoms. The average molecular weight is 381 g/mol. The summed E-state index contributed by atoms with van der Waals surface area (Å²) in [5, 5.41) is 0. The zero-order valence-electron chi connectivity index (χ0n) is 17.9. The fraction of sp³-hybridized carbons (Fsp3) is 0.640. The highest BCUT2D eigenvalue weighted by Crippen LogP contribution is 2.41. The molecule has 0 aromatic heterocycles. The molecule has 3 atom stereocenters. The van der Waals surface area contributed by atoms with Crippen LogP contribution in [-0.4, -0.2) is 47.9 Å². The molecule has 1 aliphatic carbocycles. The minimum Gasteiger partial charge on any atom is -0.342 e. The Hall–Kier alpha value is -1.61. The van der Waals surface area contributed by atoms with Crippen molar-refractivity contribution in [1.82, 2.24) is 9.80 Å². The summed E-state index contributed by atoms with van der Waals surface area (Å²) in [7, 11) is 0. The number of amides is 1. The zero-order chi connectivity index (χ0) is 19.7. The summed E-state index contributed by atoms with van der Waals surface area (Å²) in [5.41, 5.74) is 4.29. The lowest BCUT2D eigenvalue weighted by atomic mass is 9.78. The minimum atomic E-state index is 0.102. The van der Waals surface area contributed by atoms with Crippen molar-refractivity contribution in [2.45, 2.75) is 58.9 Å². The van der Waals surface area contributed by atoms with Crippen molar-refractivity contribution in [3.05, 3.63) is 41.5 Å². The summed E-state index contributed by atoms with van der Waals surface area (Å²) in [6.45, 7) is 10.7. The van der Waals surface area contributed by atoms with Gasteiger partial charge in [-0.1, -0.05) is 44.2 Å². The van der Waals surface area contributed by atoms with E-state index >= 15 is 0 Å². The number of carbonyl (C=O) groups is 1. The summed E-state index contributed by atoms with van der Waals surface area (Å²) < 4.78 is 0. The van der Waals surface area contributed by atoms with E-state index in [0.717, 1.165) is 32.0 Å². The standard InChI is InChI=1S/C25H36N2O/c1-18(2)25(28)27-16-22-7-4-8-23(24(22)17-27)21-11-9-20(10-12-21)13-15-26-14-5-6-19(26)3/h8-12,18-19,22,24H,4-7,13-17H2,1-3H3/t19-,22-,24+/m1/s1. The van der Waals surface area contributed by atoms with Crippen LogP contribution >= 0.6 is 0 Å². The van der Waals surface area contributed by atoms with Crippen molar-refractivity contribution < 1.29 is 4.79 Å². The number of rotatable bonds is 5. The normalized spacial score (nSPS) is 27.9. The Labute approximate surface area is 170 Å².